The molecule has 0 saturated heterocycles. The highest BCUT2D eigenvalue weighted by atomic mass is 79.9. The van der Waals surface area contributed by atoms with Crippen molar-refractivity contribution in [3.05, 3.63) is 28.2 Å². The van der Waals surface area contributed by atoms with E-state index in [1.165, 1.54) is 0 Å². The van der Waals surface area contributed by atoms with Crippen LogP contribution in [0.15, 0.2) is 22.7 Å². The Balaban J connectivity index is 3.06. The fourth-order valence-electron chi connectivity index (χ4n) is 0.903. The van der Waals surface area contributed by atoms with Gasteiger partial charge < -0.3 is 4.74 Å². The van der Waals surface area contributed by atoms with Gasteiger partial charge in [-0.05, 0) is 18.2 Å². The zero-order valence-corrected chi connectivity index (χ0v) is 9.65. The minimum atomic E-state index is 0.555. The summed E-state index contributed by atoms with van der Waals surface area (Å²) < 4.78 is 6.15. The largest absolute Gasteiger partial charge is 0.495 e. The van der Waals surface area contributed by atoms with Crippen molar-refractivity contribution in [3.63, 3.8) is 0 Å². The summed E-state index contributed by atoms with van der Waals surface area (Å²) in [4.78, 5) is 0. The first-order valence-electron chi connectivity index (χ1n) is 3.71. The molecule has 0 atom stereocenters. The number of thiol groups is 1. The molecule has 0 radical (unpaired) electrons. The van der Waals surface area contributed by atoms with Crippen molar-refractivity contribution in [2.45, 2.75) is 0 Å². The van der Waals surface area contributed by atoms with E-state index < -0.39 is 0 Å². The van der Waals surface area contributed by atoms with Gasteiger partial charge in [-0.25, -0.2) is 0 Å². The third kappa shape index (κ3) is 2.98. The van der Waals surface area contributed by atoms with Crippen LogP contribution in [-0.4, -0.2) is 12.9 Å². The number of halogens is 1. The maximum atomic E-state index is 5.17. The maximum absolute atomic E-state index is 5.17. The summed E-state index contributed by atoms with van der Waals surface area (Å²) in [6.07, 6.45) is 0. The second kappa shape index (κ2) is 5.21. The summed E-state index contributed by atoms with van der Waals surface area (Å²) in [5.41, 5.74) is 0.889. The molecule has 0 bridgehead atoms. The smallest absolute Gasteiger partial charge is 0.135 e. The zero-order valence-electron chi connectivity index (χ0n) is 7.17. The number of hydrogen-bond acceptors (Lipinski definition) is 2. The molecular formula is C10H9BrOS. The molecule has 1 rings (SSSR count). The average molecular weight is 257 g/mol. The van der Waals surface area contributed by atoms with Crippen molar-refractivity contribution in [1.29, 1.82) is 0 Å². The van der Waals surface area contributed by atoms with E-state index in [0.29, 0.717) is 5.75 Å². The van der Waals surface area contributed by atoms with Crippen molar-refractivity contribution in [3.8, 4) is 17.6 Å². The van der Waals surface area contributed by atoms with Crippen LogP contribution in [0.3, 0.4) is 0 Å². The second-order valence-corrected chi connectivity index (χ2v) is 3.54. The van der Waals surface area contributed by atoms with Gasteiger partial charge in [0.2, 0.25) is 0 Å². The van der Waals surface area contributed by atoms with Crippen molar-refractivity contribution < 1.29 is 4.74 Å². The molecule has 1 nitrogen and oxygen atoms in total. The lowest BCUT2D eigenvalue weighted by molar-refractivity contribution is 0.413. The highest BCUT2D eigenvalue weighted by molar-refractivity contribution is 9.10. The summed E-state index contributed by atoms with van der Waals surface area (Å²) in [5.74, 6) is 7.18. The lowest BCUT2D eigenvalue weighted by atomic mass is 10.2. The molecule has 0 saturated carbocycles. The predicted molar refractivity (Wildman–Crippen MR) is 61.4 cm³/mol. The van der Waals surface area contributed by atoms with Gasteiger partial charge in [0.15, 0.2) is 0 Å². The molecule has 3 heteroatoms. The van der Waals surface area contributed by atoms with Crippen molar-refractivity contribution >= 4 is 28.6 Å². The van der Waals surface area contributed by atoms with E-state index in [-0.39, 0.29) is 0 Å². The van der Waals surface area contributed by atoms with Gasteiger partial charge in [0, 0.05) is 4.47 Å². The van der Waals surface area contributed by atoms with Crippen LogP contribution in [0, 0.1) is 11.8 Å². The summed E-state index contributed by atoms with van der Waals surface area (Å²) >= 11 is 7.37. The third-order valence-corrected chi connectivity index (χ3v) is 2.12. The number of hydrogen-bond donors (Lipinski definition) is 1. The maximum Gasteiger partial charge on any atom is 0.135 e. The Hall–Kier alpha value is -0.590. The molecule has 1 aromatic rings. The number of rotatable bonds is 1. The Morgan fingerprint density at radius 2 is 2.31 bits per heavy atom. The van der Waals surface area contributed by atoms with Gasteiger partial charge >= 0.3 is 0 Å². The summed E-state index contributed by atoms with van der Waals surface area (Å²) in [7, 11) is 1.63. The van der Waals surface area contributed by atoms with Crippen LogP contribution >= 0.6 is 28.6 Å². The molecule has 0 spiro atoms. The van der Waals surface area contributed by atoms with E-state index in [0.717, 1.165) is 15.8 Å². The first kappa shape index (κ1) is 10.5. The number of benzene rings is 1. The molecule has 0 heterocycles. The van der Waals surface area contributed by atoms with Crippen molar-refractivity contribution in [2.24, 2.45) is 0 Å². The lowest BCUT2D eigenvalue weighted by Crippen LogP contribution is -1.87. The molecule has 1 aromatic carbocycles. The Morgan fingerprint density at radius 1 is 1.54 bits per heavy atom. The Bertz CT molecular complexity index is 352. The Labute approximate surface area is 92.0 Å². The van der Waals surface area contributed by atoms with Crippen molar-refractivity contribution in [1.82, 2.24) is 0 Å². The molecule has 13 heavy (non-hydrogen) atoms. The molecule has 0 unspecified atom stereocenters. The van der Waals surface area contributed by atoms with Gasteiger partial charge in [-0.2, -0.15) is 12.6 Å². The number of ether oxygens (including phenoxy) is 1. The summed E-state index contributed by atoms with van der Waals surface area (Å²) in [6, 6.07) is 5.74. The SMILES string of the molecule is COc1cc(Br)ccc1C#CCS. The second-order valence-electron chi connectivity index (χ2n) is 2.30. The fraction of sp³-hybridized carbons (Fsp3) is 0.200. The lowest BCUT2D eigenvalue weighted by Gasteiger charge is -2.02. The average Bonchev–Trinajstić information content (AvgIpc) is 2.16. The first-order valence-corrected chi connectivity index (χ1v) is 5.13. The van der Waals surface area contributed by atoms with Crippen LogP contribution in [0.25, 0.3) is 0 Å². The molecule has 68 valence electrons. The van der Waals surface area contributed by atoms with Gasteiger partial charge in [-0.15, -0.1) is 0 Å². The minimum absolute atomic E-state index is 0.555. The molecular weight excluding hydrogens is 248 g/mol. The van der Waals surface area contributed by atoms with Crippen LogP contribution in [0.5, 0.6) is 5.75 Å². The normalized spacial score (nSPS) is 8.85. The molecule has 0 aliphatic rings. The summed E-state index contributed by atoms with van der Waals surface area (Å²) in [5, 5.41) is 0. The number of methoxy groups -OCH3 is 1. The van der Waals surface area contributed by atoms with Crippen LogP contribution in [0.1, 0.15) is 5.56 Å². The quantitative estimate of drug-likeness (QED) is 0.601. The highest BCUT2D eigenvalue weighted by Crippen LogP contribution is 2.22. The van der Waals surface area contributed by atoms with E-state index in [9.17, 15) is 0 Å². The summed E-state index contributed by atoms with van der Waals surface area (Å²) in [6.45, 7) is 0. The highest BCUT2D eigenvalue weighted by Gasteiger charge is 1.99. The first-order chi connectivity index (χ1) is 6.27. The van der Waals surface area contributed by atoms with E-state index in [4.69, 9.17) is 4.74 Å². The van der Waals surface area contributed by atoms with Gasteiger partial charge in [0.25, 0.3) is 0 Å². The van der Waals surface area contributed by atoms with Crippen molar-refractivity contribution in [2.75, 3.05) is 12.9 Å². The van der Waals surface area contributed by atoms with Crippen LogP contribution in [-0.2, 0) is 0 Å². The molecule has 0 amide bonds. The standard InChI is InChI=1S/C10H9BrOS/c1-12-10-7-9(11)5-4-8(10)3-2-6-13/h4-5,7,13H,6H2,1H3. The van der Waals surface area contributed by atoms with Gasteiger partial charge in [-0.1, -0.05) is 27.8 Å². The Morgan fingerprint density at radius 3 is 2.92 bits per heavy atom. The van der Waals surface area contributed by atoms with Crippen LogP contribution < -0.4 is 4.74 Å². The molecule has 0 N–H and O–H groups in total. The van der Waals surface area contributed by atoms with Crippen LogP contribution in [0.4, 0.5) is 0 Å². The van der Waals surface area contributed by atoms with Gasteiger partial charge in [-0.3, -0.25) is 0 Å². The van der Waals surface area contributed by atoms with Gasteiger partial charge in [0.1, 0.15) is 5.75 Å². The molecule has 0 aliphatic heterocycles. The van der Waals surface area contributed by atoms with E-state index >= 15 is 0 Å². The molecule has 0 aliphatic carbocycles. The molecule has 0 fully saturated rings. The van der Waals surface area contributed by atoms with Gasteiger partial charge in [0.05, 0.1) is 18.4 Å². The van der Waals surface area contributed by atoms with E-state index in [1.807, 2.05) is 18.2 Å². The third-order valence-electron chi connectivity index (χ3n) is 1.47. The van der Waals surface area contributed by atoms with Crippen LogP contribution in [0.2, 0.25) is 0 Å². The van der Waals surface area contributed by atoms with E-state index in [2.05, 4.69) is 40.4 Å². The zero-order chi connectivity index (χ0) is 9.68. The fourth-order valence-corrected chi connectivity index (χ4v) is 1.32. The van der Waals surface area contributed by atoms with E-state index in [1.54, 1.807) is 7.11 Å². The Kier molecular flexibility index (Phi) is 4.20. The molecule has 0 aromatic heterocycles. The predicted octanol–water partition coefficient (Wildman–Crippen LogP) is 2.74. The minimum Gasteiger partial charge on any atom is -0.495 e. The monoisotopic (exact) mass is 256 g/mol. The topological polar surface area (TPSA) is 9.23 Å².